The Bertz CT molecular complexity index is 221. The summed E-state index contributed by atoms with van der Waals surface area (Å²) in [6.07, 6.45) is 0.511. The highest BCUT2D eigenvalue weighted by Gasteiger charge is 2.19. The summed E-state index contributed by atoms with van der Waals surface area (Å²) in [5, 5.41) is 4.71. The number of likely N-dealkylation sites (N-methyl/N-ethyl adjacent to an activating group) is 1. The fourth-order valence-corrected chi connectivity index (χ4v) is 1.12. The molecule has 0 aromatic carbocycles. The van der Waals surface area contributed by atoms with Gasteiger partial charge in [-0.25, -0.2) is 0 Å². The van der Waals surface area contributed by atoms with E-state index in [9.17, 15) is 4.79 Å². The third kappa shape index (κ3) is 15.5. The van der Waals surface area contributed by atoms with Crippen LogP contribution in [0.2, 0.25) is 0 Å². The molecular formula is C14H32N2O3. The second-order valence-electron chi connectivity index (χ2n) is 4.79. The number of nitrogens with one attached hydrogen (secondary N) is 1. The Hall–Kier alpha value is -0.490. The lowest BCUT2D eigenvalue weighted by atomic mass is 10.1. The lowest BCUT2D eigenvalue weighted by Crippen LogP contribution is -2.36. The van der Waals surface area contributed by atoms with Crippen LogP contribution in [-0.2, 0) is 14.4 Å². The fraction of sp³-hybridized carbons (Fsp3) is 0.929. The predicted molar refractivity (Wildman–Crippen MR) is 79.2 cm³/mol. The molecule has 0 aliphatic heterocycles. The van der Waals surface area contributed by atoms with Crippen molar-refractivity contribution in [3.8, 4) is 0 Å². The van der Waals surface area contributed by atoms with Crippen LogP contribution in [0.5, 0.6) is 0 Å². The second-order valence-corrected chi connectivity index (χ2v) is 4.79. The first-order valence-corrected chi connectivity index (χ1v) is 6.99. The number of nitrogens with zero attached hydrogens (tertiary/aromatic N) is 1. The van der Waals surface area contributed by atoms with Gasteiger partial charge in [0.05, 0.1) is 18.8 Å². The maximum atomic E-state index is 10.8. The summed E-state index contributed by atoms with van der Waals surface area (Å²) >= 11 is 0. The van der Waals surface area contributed by atoms with Crippen molar-refractivity contribution in [3.63, 3.8) is 0 Å². The average Bonchev–Trinajstić information content (AvgIpc) is 2.36. The van der Waals surface area contributed by atoms with E-state index in [0.717, 1.165) is 6.54 Å². The first-order chi connectivity index (χ1) is 8.87. The zero-order valence-corrected chi connectivity index (χ0v) is 13.7. The van der Waals surface area contributed by atoms with Crippen molar-refractivity contribution in [2.24, 2.45) is 0 Å². The molecule has 0 bridgehead atoms. The van der Waals surface area contributed by atoms with Crippen LogP contribution < -0.4 is 5.32 Å². The Balaban J connectivity index is 0. The Labute approximate surface area is 118 Å². The molecule has 1 N–H and O–H groups in total. The molecule has 0 spiro atoms. The minimum Gasteiger partial charge on any atom is -0.372 e. The number of carbonyl (C=O) groups is 1. The topological polar surface area (TPSA) is 50.8 Å². The van der Waals surface area contributed by atoms with Crippen LogP contribution in [0.15, 0.2) is 0 Å². The van der Waals surface area contributed by atoms with E-state index in [0.29, 0.717) is 26.2 Å². The lowest BCUT2D eigenvalue weighted by Gasteiger charge is -2.27. The van der Waals surface area contributed by atoms with Gasteiger partial charge in [-0.05, 0) is 27.8 Å². The van der Waals surface area contributed by atoms with E-state index < -0.39 is 0 Å². The van der Waals surface area contributed by atoms with Crippen molar-refractivity contribution in [1.29, 1.82) is 0 Å². The van der Waals surface area contributed by atoms with Crippen LogP contribution in [0.1, 0.15) is 41.0 Å². The van der Waals surface area contributed by atoms with E-state index in [1.807, 2.05) is 41.8 Å². The molecule has 0 aromatic rings. The molecule has 19 heavy (non-hydrogen) atoms. The number of ether oxygens (including phenoxy) is 1. The average molecular weight is 276 g/mol. The molecule has 0 radical (unpaired) electrons. The highest BCUT2D eigenvalue weighted by Crippen LogP contribution is 2.10. The van der Waals surface area contributed by atoms with Gasteiger partial charge < -0.3 is 10.1 Å². The van der Waals surface area contributed by atoms with E-state index in [1.54, 1.807) is 12.0 Å². The van der Waals surface area contributed by atoms with Crippen molar-refractivity contribution >= 4 is 5.78 Å². The Morgan fingerprint density at radius 2 is 1.89 bits per heavy atom. The molecule has 0 saturated carbocycles. The van der Waals surface area contributed by atoms with Gasteiger partial charge in [-0.2, -0.15) is 5.06 Å². The summed E-state index contributed by atoms with van der Waals surface area (Å²) < 4.78 is 5.66. The third-order valence-corrected chi connectivity index (χ3v) is 2.26. The van der Waals surface area contributed by atoms with Gasteiger partial charge in [0, 0.05) is 26.6 Å². The van der Waals surface area contributed by atoms with Crippen molar-refractivity contribution in [1.82, 2.24) is 10.4 Å². The molecule has 5 heteroatoms. The molecular weight excluding hydrogens is 244 g/mol. The van der Waals surface area contributed by atoms with Crippen LogP contribution >= 0.6 is 0 Å². The summed E-state index contributed by atoms with van der Waals surface area (Å²) in [5.74, 6) is 0.171. The molecule has 0 rings (SSSR count). The largest absolute Gasteiger partial charge is 0.372 e. The first-order valence-electron chi connectivity index (χ1n) is 6.99. The number of hydroxylamine groups is 2. The van der Waals surface area contributed by atoms with Gasteiger partial charge in [-0.15, -0.1) is 0 Å². The molecule has 0 amide bonds. The summed E-state index contributed by atoms with van der Waals surface area (Å²) in [4.78, 5) is 16.3. The SMILES string of the molecule is CC.CNCCOC(C)(C)CON(C)CCC(C)=O. The molecule has 0 fully saturated rings. The van der Waals surface area contributed by atoms with Gasteiger partial charge >= 0.3 is 0 Å². The molecule has 0 aromatic heterocycles. The van der Waals surface area contributed by atoms with Crippen molar-refractivity contribution in [2.75, 3.05) is 40.4 Å². The molecule has 0 heterocycles. The second kappa shape index (κ2) is 12.5. The number of ketones is 1. The summed E-state index contributed by atoms with van der Waals surface area (Å²) in [6, 6.07) is 0. The van der Waals surface area contributed by atoms with E-state index >= 15 is 0 Å². The van der Waals surface area contributed by atoms with Crippen LogP contribution in [0, 0.1) is 0 Å². The van der Waals surface area contributed by atoms with E-state index in [1.165, 1.54) is 0 Å². The molecule has 0 aliphatic carbocycles. The molecule has 0 saturated heterocycles. The normalized spacial score (nSPS) is 11.2. The van der Waals surface area contributed by atoms with Crippen LogP contribution in [0.4, 0.5) is 0 Å². The minimum absolute atomic E-state index is 0.171. The van der Waals surface area contributed by atoms with Crippen molar-refractivity contribution in [2.45, 2.75) is 46.6 Å². The van der Waals surface area contributed by atoms with Gasteiger partial charge in [0.15, 0.2) is 0 Å². The zero-order valence-electron chi connectivity index (χ0n) is 13.7. The molecule has 116 valence electrons. The Morgan fingerprint density at radius 3 is 2.37 bits per heavy atom. The van der Waals surface area contributed by atoms with E-state index in [-0.39, 0.29) is 11.4 Å². The Kier molecular flexibility index (Phi) is 13.7. The van der Waals surface area contributed by atoms with Gasteiger partial charge in [-0.3, -0.25) is 9.63 Å². The number of hydrogen-bond donors (Lipinski definition) is 1. The highest BCUT2D eigenvalue weighted by atomic mass is 16.7. The lowest BCUT2D eigenvalue weighted by molar-refractivity contribution is -0.191. The van der Waals surface area contributed by atoms with Gasteiger partial charge in [0.25, 0.3) is 0 Å². The monoisotopic (exact) mass is 276 g/mol. The van der Waals surface area contributed by atoms with E-state index in [2.05, 4.69) is 5.32 Å². The highest BCUT2D eigenvalue weighted by molar-refractivity contribution is 5.75. The molecule has 0 aliphatic rings. The van der Waals surface area contributed by atoms with Crippen molar-refractivity contribution in [3.05, 3.63) is 0 Å². The number of carbonyl (C=O) groups excluding carboxylic acids is 1. The smallest absolute Gasteiger partial charge is 0.131 e. The minimum atomic E-state index is -0.318. The maximum Gasteiger partial charge on any atom is 0.131 e. The number of hydrogen-bond acceptors (Lipinski definition) is 5. The summed E-state index contributed by atoms with van der Waals surface area (Å²) in [6.45, 7) is 12.1. The third-order valence-electron chi connectivity index (χ3n) is 2.26. The van der Waals surface area contributed by atoms with Gasteiger partial charge in [-0.1, -0.05) is 13.8 Å². The molecule has 0 unspecified atom stereocenters. The molecule has 0 atom stereocenters. The predicted octanol–water partition coefficient (Wildman–Crippen LogP) is 1.87. The maximum absolute atomic E-state index is 10.8. The summed E-state index contributed by atoms with van der Waals surface area (Å²) in [7, 11) is 3.72. The zero-order chi connectivity index (χ0) is 15.3. The van der Waals surface area contributed by atoms with Crippen LogP contribution in [0.3, 0.4) is 0 Å². The fourth-order valence-electron chi connectivity index (χ4n) is 1.12. The number of rotatable bonds is 10. The quantitative estimate of drug-likeness (QED) is 0.487. The van der Waals surface area contributed by atoms with E-state index in [4.69, 9.17) is 9.57 Å². The summed E-state index contributed by atoms with van der Waals surface area (Å²) in [5.41, 5.74) is -0.318. The number of Topliss-reactive ketones (excluding diaryl/α,β-unsaturated/α-hetero) is 1. The van der Waals surface area contributed by atoms with Crippen LogP contribution in [0.25, 0.3) is 0 Å². The molecule has 5 nitrogen and oxygen atoms in total. The van der Waals surface area contributed by atoms with Crippen LogP contribution in [-0.4, -0.2) is 56.8 Å². The Morgan fingerprint density at radius 1 is 1.32 bits per heavy atom. The van der Waals surface area contributed by atoms with Gasteiger partial charge in [0.1, 0.15) is 5.78 Å². The standard InChI is InChI=1S/C12H26N2O3.C2H6/c1-11(15)6-8-14(5)17-10-12(2,3)16-9-7-13-4;1-2/h13H,6-10H2,1-5H3;1-2H3. The van der Waals surface area contributed by atoms with Crippen molar-refractivity contribution < 1.29 is 14.4 Å². The van der Waals surface area contributed by atoms with Gasteiger partial charge in [0.2, 0.25) is 0 Å². The first kappa shape index (κ1) is 20.8.